The molecule has 0 spiro atoms. The normalized spacial score (nSPS) is 10.3. The van der Waals surface area contributed by atoms with Gasteiger partial charge in [-0.1, -0.05) is 0 Å². The Balaban J connectivity index is 2.70. The first-order valence-corrected chi connectivity index (χ1v) is 3.46. The summed E-state index contributed by atoms with van der Waals surface area (Å²) in [6.45, 7) is 0. The molecule has 0 aromatic carbocycles. The summed E-state index contributed by atoms with van der Waals surface area (Å²) in [4.78, 5) is 3.97. The number of nitrogens with two attached hydrogens (primary N) is 1. The third-order valence-electron chi connectivity index (χ3n) is 1.56. The van der Waals surface area contributed by atoms with Gasteiger partial charge >= 0.3 is 0 Å². The standard InChI is InChI=1S/C8H7N3O/c9-7(10)6-4-5-2-1-3-11-8(5)12-6/h1-4H,(H3,9,10). The monoisotopic (exact) mass is 161 g/mol. The minimum atomic E-state index is -0.0759. The summed E-state index contributed by atoms with van der Waals surface area (Å²) in [7, 11) is 0. The number of nitrogens with zero attached hydrogens (tertiary/aromatic N) is 1. The summed E-state index contributed by atoms with van der Waals surface area (Å²) in [5.74, 6) is 0.289. The van der Waals surface area contributed by atoms with Crippen molar-refractivity contribution >= 4 is 16.9 Å². The quantitative estimate of drug-likeness (QED) is 0.486. The van der Waals surface area contributed by atoms with Gasteiger partial charge < -0.3 is 10.2 Å². The fourth-order valence-electron chi connectivity index (χ4n) is 1.01. The van der Waals surface area contributed by atoms with E-state index in [1.165, 1.54) is 0 Å². The average molecular weight is 161 g/mol. The van der Waals surface area contributed by atoms with Crippen LogP contribution in [0, 0.1) is 5.41 Å². The molecule has 0 aliphatic heterocycles. The maximum atomic E-state index is 7.12. The molecule has 60 valence electrons. The minimum Gasteiger partial charge on any atom is -0.435 e. The van der Waals surface area contributed by atoms with Crippen LogP contribution in [0.1, 0.15) is 5.76 Å². The number of nitrogens with one attached hydrogen (secondary N) is 1. The van der Waals surface area contributed by atoms with E-state index in [0.29, 0.717) is 11.5 Å². The molecule has 0 aliphatic rings. The molecule has 0 bridgehead atoms. The summed E-state index contributed by atoms with van der Waals surface area (Å²) >= 11 is 0. The molecule has 0 fully saturated rings. The third kappa shape index (κ3) is 0.934. The van der Waals surface area contributed by atoms with Gasteiger partial charge in [-0.3, -0.25) is 5.41 Å². The largest absolute Gasteiger partial charge is 0.435 e. The number of pyridine rings is 1. The summed E-state index contributed by atoms with van der Waals surface area (Å²) < 4.78 is 5.17. The van der Waals surface area contributed by atoms with Crippen LogP contribution < -0.4 is 5.73 Å². The highest BCUT2D eigenvalue weighted by Crippen LogP contribution is 2.15. The molecule has 0 radical (unpaired) electrons. The number of rotatable bonds is 1. The van der Waals surface area contributed by atoms with Crippen LogP contribution in [0.25, 0.3) is 11.1 Å². The van der Waals surface area contributed by atoms with Crippen LogP contribution in [0.5, 0.6) is 0 Å². The molecule has 0 unspecified atom stereocenters. The molecular weight excluding hydrogens is 154 g/mol. The van der Waals surface area contributed by atoms with Gasteiger partial charge in [0.25, 0.3) is 0 Å². The minimum absolute atomic E-state index is 0.0759. The van der Waals surface area contributed by atoms with E-state index in [1.807, 2.05) is 12.1 Å². The zero-order chi connectivity index (χ0) is 8.55. The number of hydrogen-bond donors (Lipinski definition) is 2. The Morgan fingerprint density at radius 3 is 3.08 bits per heavy atom. The molecule has 2 aromatic heterocycles. The van der Waals surface area contributed by atoms with Crippen LogP contribution in [-0.2, 0) is 0 Å². The van der Waals surface area contributed by atoms with Gasteiger partial charge in [0.05, 0.1) is 0 Å². The summed E-state index contributed by atoms with van der Waals surface area (Å²) in [6.07, 6.45) is 1.63. The van der Waals surface area contributed by atoms with E-state index in [4.69, 9.17) is 15.6 Å². The van der Waals surface area contributed by atoms with Crippen LogP contribution in [0.4, 0.5) is 0 Å². The van der Waals surface area contributed by atoms with Gasteiger partial charge in [0.15, 0.2) is 11.6 Å². The first-order chi connectivity index (χ1) is 5.77. The van der Waals surface area contributed by atoms with Gasteiger partial charge in [-0.25, -0.2) is 4.98 Å². The van der Waals surface area contributed by atoms with E-state index in [9.17, 15) is 0 Å². The molecule has 2 aromatic rings. The van der Waals surface area contributed by atoms with E-state index in [0.717, 1.165) is 5.39 Å². The highest BCUT2D eigenvalue weighted by molar-refractivity contribution is 5.95. The molecule has 2 heterocycles. The Morgan fingerprint density at radius 1 is 1.58 bits per heavy atom. The van der Waals surface area contributed by atoms with Gasteiger partial charge in [-0.15, -0.1) is 0 Å². The van der Waals surface area contributed by atoms with Crippen molar-refractivity contribution in [2.24, 2.45) is 5.73 Å². The van der Waals surface area contributed by atoms with Crippen molar-refractivity contribution in [3.05, 3.63) is 30.2 Å². The SMILES string of the molecule is N=C(N)c1cc2cccnc2o1. The number of hydrogen-bond acceptors (Lipinski definition) is 3. The summed E-state index contributed by atoms with van der Waals surface area (Å²) in [6, 6.07) is 5.37. The van der Waals surface area contributed by atoms with E-state index in [-0.39, 0.29) is 5.84 Å². The molecule has 0 saturated carbocycles. The van der Waals surface area contributed by atoms with E-state index < -0.39 is 0 Å². The van der Waals surface area contributed by atoms with Crippen LogP contribution in [-0.4, -0.2) is 10.8 Å². The number of amidine groups is 1. The molecule has 4 nitrogen and oxygen atoms in total. The van der Waals surface area contributed by atoms with Crippen molar-refractivity contribution in [1.29, 1.82) is 5.41 Å². The fraction of sp³-hybridized carbons (Fsp3) is 0. The molecule has 0 saturated heterocycles. The van der Waals surface area contributed by atoms with Crippen LogP contribution >= 0.6 is 0 Å². The van der Waals surface area contributed by atoms with Gasteiger partial charge in [0, 0.05) is 11.6 Å². The Hall–Kier alpha value is -1.84. The molecule has 0 atom stereocenters. The number of furan rings is 1. The van der Waals surface area contributed by atoms with E-state index in [2.05, 4.69) is 4.98 Å². The number of fused-ring (bicyclic) bond motifs is 1. The molecule has 0 aliphatic carbocycles. The Labute approximate surface area is 68.5 Å². The Kier molecular flexibility index (Phi) is 1.33. The van der Waals surface area contributed by atoms with Crippen LogP contribution in [0.3, 0.4) is 0 Å². The van der Waals surface area contributed by atoms with Gasteiger partial charge in [-0.05, 0) is 18.2 Å². The van der Waals surface area contributed by atoms with Gasteiger partial charge in [-0.2, -0.15) is 0 Å². The van der Waals surface area contributed by atoms with Crippen molar-refractivity contribution in [2.75, 3.05) is 0 Å². The third-order valence-corrected chi connectivity index (χ3v) is 1.56. The lowest BCUT2D eigenvalue weighted by atomic mass is 10.3. The van der Waals surface area contributed by atoms with Crippen molar-refractivity contribution in [3.8, 4) is 0 Å². The number of aromatic nitrogens is 1. The van der Waals surface area contributed by atoms with E-state index >= 15 is 0 Å². The topological polar surface area (TPSA) is 75.9 Å². The summed E-state index contributed by atoms with van der Waals surface area (Å²) in [5.41, 5.74) is 5.76. The van der Waals surface area contributed by atoms with Crippen molar-refractivity contribution in [3.63, 3.8) is 0 Å². The lowest BCUT2D eigenvalue weighted by Gasteiger charge is -1.86. The second-order valence-electron chi connectivity index (χ2n) is 2.42. The molecule has 0 amide bonds. The lowest BCUT2D eigenvalue weighted by molar-refractivity contribution is 0.591. The second-order valence-corrected chi connectivity index (χ2v) is 2.42. The van der Waals surface area contributed by atoms with Gasteiger partial charge in [0.2, 0.25) is 5.71 Å². The highest BCUT2D eigenvalue weighted by Gasteiger charge is 2.04. The number of nitrogen functional groups attached to an aromatic ring is 1. The second kappa shape index (κ2) is 2.34. The fourth-order valence-corrected chi connectivity index (χ4v) is 1.01. The summed E-state index contributed by atoms with van der Waals surface area (Å²) in [5, 5.41) is 7.99. The van der Waals surface area contributed by atoms with E-state index in [1.54, 1.807) is 12.3 Å². The van der Waals surface area contributed by atoms with Crippen molar-refractivity contribution < 1.29 is 4.42 Å². The lowest BCUT2D eigenvalue weighted by Crippen LogP contribution is -2.09. The van der Waals surface area contributed by atoms with Crippen molar-refractivity contribution in [2.45, 2.75) is 0 Å². The van der Waals surface area contributed by atoms with Crippen LogP contribution in [0.2, 0.25) is 0 Å². The first kappa shape index (κ1) is 6.84. The maximum absolute atomic E-state index is 7.12. The predicted octanol–water partition coefficient (Wildman–Crippen LogP) is 1.11. The zero-order valence-corrected chi connectivity index (χ0v) is 6.24. The Morgan fingerprint density at radius 2 is 2.42 bits per heavy atom. The smallest absolute Gasteiger partial charge is 0.226 e. The molecule has 12 heavy (non-hydrogen) atoms. The van der Waals surface area contributed by atoms with Crippen molar-refractivity contribution in [1.82, 2.24) is 4.98 Å². The highest BCUT2D eigenvalue weighted by atomic mass is 16.3. The average Bonchev–Trinajstić information content (AvgIpc) is 2.46. The maximum Gasteiger partial charge on any atom is 0.226 e. The Bertz CT molecular complexity index is 400. The molecule has 4 heteroatoms. The van der Waals surface area contributed by atoms with Gasteiger partial charge in [0.1, 0.15) is 0 Å². The zero-order valence-electron chi connectivity index (χ0n) is 6.24. The molecular formula is C8H7N3O. The molecule has 3 N–H and O–H groups in total. The van der Waals surface area contributed by atoms with Crippen LogP contribution in [0.15, 0.2) is 28.8 Å². The molecule has 2 rings (SSSR count). The predicted molar refractivity (Wildman–Crippen MR) is 45.0 cm³/mol. The first-order valence-electron chi connectivity index (χ1n) is 3.46.